The number of benzene rings is 1. The van der Waals surface area contributed by atoms with Crippen LogP contribution in [0.5, 0.6) is 0 Å². The first-order chi connectivity index (χ1) is 10.6. The minimum atomic E-state index is -0.457. The van der Waals surface area contributed by atoms with Gasteiger partial charge >= 0.3 is 0 Å². The van der Waals surface area contributed by atoms with Crippen LogP contribution < -0.4 is 5.32 Å². The summed E-state index contributed by atoms with van der Waals surface area (Å²) in [6.45, 7) is 1.93. The molecule has 1 N–H and O–H groups in total. The Labute approximate surface area is 136 Å². The van der Waals surface area contributed by atoms with Gasteiger partial charge in [0.15, 0.2) is 5.13 Å². The Balaban J connectivity index is 1.72. The number of rotatable bonds is 3. The van der Waals surface area contributed by atoms with E-state index < -0.39 is 6.04 Å². The van der Waals surface area contributed by atoms with Gasteiger partial charge in [0.1, 0.15) is 6.04 Å². The van der Waals surface area contributed by atoms with Crippen molar-refractivity contribution in [1.29, 1.82) is 0 Å². The van der Waals surface area contributed by atoms with Gasteiger partial charge in [-0.1, -0.05) is 18.2 Å². The van der Waals surface area contributed by atoms with Crippen molar-refractivity contribution in [2.45, 2.75) is 13.0 Å². The number of anilines is 1. The molecule has 1 unspecified atom stereocenters. The zero-order chi connectivity index (χ0) is 15.5. The molecule has 1 aliphatic rings. The molecular formula is C15H15N3O2S2. The van der Waals surface area contributed by atoms with Crippen LogP contribution in [0.2, 0.25) is 0 Å². The summed E-state index contributed by atoms with van der Waals surface area (Å²) in [6, 6.07) is 8.59. The molecule has 5 nitrogen and oxygen atoms in total. The first-order valence-corrected chi connectivity index (χ1v) is 8.79. The highest BCUT2D eigenvalue weighted by Crippen LogP contribution is 2.25. The van der Waals surface area contributed by atoms with Crippen molar-refractivity contribution in [3.8, 4) is 0 Å². The van der Waals surface area contributed by atoms with Crippen LogP contribution in [0.15, 0.2) is 36.5 Å². The second-order valence-electron chi connectivity index (χ2n) is 4.92. The molecule has 2 heterocycles. The number of hydrogen-bond acceptors (Lipinski definition) is 5. The average Bonchev–Trinajstić information content (AvgIpc) is 3.16. The Bertz CT molecular complexity index is 687. The maximum Gasteiger partial charge on any atom is 0.255 e. The van der Waals surface area contributed by atoms with Crippen molar-refractivity contribution in [1.82, 2.24) is 9.88 Å². The second kappa shape index (κ2) is 6.50. The summed E-state index contributed by atoms with van der Waals surface area (Å²) in [4.78, 5) is 31.7. The van der Waals surface area contributed by atoms with E-state index in [0.29, 0.717) is 22.3 Å². The summed E-state index contributed by atoms with van der Waals surface area (Å²) in [5, 5.41) is 3.38. The van der Waals surface area contributed by atoms with Gasteiger partial charge in [0.2, 0.25) is 5.91 Å². The highest BCUT2D eigenvalue weighted by Gasteiger charge is 2.35. The number of nitrogens with one attached hydrogen (secondary N) is 1. The lowest BCUT2D eigenvalue weighted by Gasteiger charge is -2.22. The molecule has 1 aromatic carbocycles. The van der Waals surface area contributed by atoms with Crippen LogP contribution in [0, 0.1) is 6.92 Å². The number of nitrogens with zero attached hydrogens (tertiary/aromatic N) is 2. The third-order valence-electron chi connectivity index (χ3n) is 3.32. The fourth-order valence-electron chi connectivity index (χ4n) is 2.21. The van der Waals surface area contributed by atoms with Gasteiger partial charge in [-0.2, -0.15) is 0 Å². The minimum absolute atomic E-state index is 0.110. The summed E-state index contributed by atoms with van der Waals surface area (Å²) in [7, 11) is 0. The molecule has 7 heteroatoms. The smallest absolute Gasteiger partial charge is 0.255 e. The second-order valence-corrected chi connectivity index (χ2v) is 7.16. The first kappa shape index (κ1) is 15.1. The average molecular weight is 333 g/mol. The first-order valence-electron chi connectivity index (χ1n) is 6.82. The van der Waals surface area contributed by atoms with Crippen LogP contribution in [-0.4, -0.2) is 39.4 Å². The van der Waals surface area contributed by atoms with E-state index in [0.717, 1.165) is 4.88 Å². The van der Waals surface area contributed by atoms with E-state index in [1.807, 2.05) is 25.1 Å². The van der Waals surface area contributed by atoms with Gasteiger partial charge in [0.05, 0.1) is 5.88 Å². The van der Waals surface area contributed by atoms with E-state index in [1.54, 1.807) is 35.0 Å². The largest absolute Gasteiger partial charge is 0.316 e. The van der Waals surface area contributed by atoms with Gasteiger partial charge in [-0.05, 0) is 19.1 Å². The maximum atomic E-state index is 12.5. The third-order valence-corrected chi connectivity index (χ3v) is 5.16. The molecule has 3 rings (SSSR count). The quantitative estimate of drug-likeness (QED) is 0.938. The van der Waals surface area contributed by atoms with E-state index in [4.69, 9.17) is 0 Å². The molecule has 0 aliphatic carbocycles. The van der Waals surface area contributed by atoms with Gasteiger partial charge in [0.25, 0.3) is 5.91 Å². The molecule has 2 aromatic rings. The SMILES string of the molecule is Cc1cnc(NC(=O)C2CSCN2C(=O)c2ccccc2)s1. The fourth-order valence-corrected chi connectivity index (χ4v) is 4.03. The summed E-state index contributed by atoms with van der Waals surface area (Å²) in [6.07, 6.45) is 1.72. The molecule has 1 aromatic heterocycles. The molecular weight excluding hydrogens is 318 g/mol. The highest BCUT2D eigenvalue weighted by molar-refractivity contribution is 7.99. The van der Waals surface area contributed by atoms with Crippen LogP contribution in [0.25, 0.3) is 0 Å². The molecule has 0 radical (unpaired) electrons. The van der Waals surface area contributed by atoms with Crippen molar-refractivity contribution in [2.75, 3.05) is 16.9 Å². The lowest BCUT2D eigenvalue weighted by molar-refractivity contribution is -0.119. The summed E-state index contributed by atoms with van der Waals surface area (Å²) in [5.74, 6) is 0.849. The Kier molecular flexibility index (Phi) is 4.44. The van der Waals surface area contributed by atoms with E-state index in [2.05, 4.69) is 10.3 Å². The van der Waals surface area contributed by atoms with Crippen LogP contribution in [-0.2, 0) is 4.79 Å². The molecule has 2 amide bonds. The topological polar surface area (TPSA) is 62.3 Å². The highest BCUT2D eigenvalue weighted by atomic mass is 32.2. The predicted octanol–water partition coefficient (Wildman–Crippen LogP) is 2.61. The number of carbonyl (C=O) groups excluding carboxylic acids is 2. The zero-order valence-electron chi connectivity index (χ0n) is 12.0. The molecule has 0 spiro atoms. The van der Waals surface area contributed by atoms with Crippen molar-refractivity contribution in [3.63, 3.8) is 0 Å². The minimum Gasteiger partial charge on any atom is -0.316 e. The van der Waals surface area contributed by atoms with Crippen LogP contribution >= 0.6 is 23.1 Å². The molecule has 0 bridgehead atoms. The standard InChI is InChI=1S/C15H15N3O2S2/c1-10-7-16-15(22-10)17-13(19)12-8-21-9-18(12)14(20)11-5-3-2-4-6-11/h2-7,12H,8-9H2,1H3,(H,16,17,19). The van der Waals surface area contributed by atoms with Gasteiger partial charge in [0, 0.05) is 22.4 Å². The third kappa shape index (κ3) is 3.15. The van der Waals surface area contributed by atoms with E-state index in [9.17, 15) is 9.59 Å². The molecule has 1 atom stereocenters. The van der Waals surface area contributed by atoms with E-state index in [1.165, 1.54) is 11.3 Å². The Morgan fingerprint density at radius 3 is 2.77 bits per heavy atom. The maximum absolute atomic E-state index is 12.5. The number of aryl methyl sites for hydroxylation is 1. The summed E-state index contributed by atoms with van der Waals surface area (Å²) in [5.41, 5.74) is 0.605. The monoisotopic (exact) mass is 333 g/mol. The molecule has 114 valence electrons. The van der Waals surface area contributed by atoms with Crippen LogP contribution in [0.3, 0.4) is 0 Å². The van der Waals surface area contributed by atoms with E-state index >= 15 is 0 Å². The van der Waals surface area contributed by atoms with Crippen molar-refractivity contribution in [2.24, 2.45) is 0 Å². The number of aromatic nitrogens is 1. The zero-order valence-corrected chi connectivity index (χ0v) is 13.6. The Morgan fingerprint density at radius 1 is 1.32 bits per heavy atom. The summed E-state index contributed by atoms with van der Waals surface area (Å²) >= 11 is 3.01. The molecule has 1 aliphatic heterocycles. The fraction of sp³-hybridized carbons (Fsp3) is 0.267. The number of amides is 2. The van der Waals surface area contributed by atoms with Gasteiger partial charge in [-0.15, -0.1) is 23.1 Å². The van der Waals surface area contributed by atoms with Gasteiger partial charge < -0.3 is 10.2 Å². The number of hydrogen-bond donors (Lipinski definition) is 1. The van der Waals surface area contributed by atoms with Gasteiger partial charge in [-0.25, -0.2) is 4.98 Å². The Hall–Kier alpha value is -1.86. The van der Waals surface area contributed by atoms with Crippen LogP contribution in [0.1, 0.15) is 15.2 Å². The van der Waals surface area contributed by atoms with Crippen molar-refractivity contribution >= 4 is 40.0 Å². The molecule has 0 saturated carbocycles. The van der Waals surface area contributed by atoms with Crippen molar-refractivity contribution in [3.05, 3.63) is 47.0 Å². The van der Waals surface area contributed by atoms with E-state index in [-0.39, 0.29) is 11.8 Å². The summed E-state index contributed by atoms with van der Waals surface area (Å²) < 4.78 is 0. The predicted molar refractivity (Wildman–Crippen MR) is 89.2 cm³/mol. The normalized spacial score (nSPS) is 17.5. The van der Waals surface area contributed by atoms with Gasteiger partial charge in [-0.3, -0.25) is 9.59 Å². The van der Waals surface area contributed by atoms with Crippen LogP contribution in [0.4, 0.5) is 5.13 Å². The lowest BCUT2D eigenvalue weighted by Crippen LogP contribution is -2.44. The Morgan fingerprint density at radius 2 is 2.09 bits per heavy atom. The molecule has 1 fully saturated rings. The lowest BCUT2D eigenvalue weighted by atomic mass is 10.1. The number of thiazole rings is 1. The number of carbonyl (C=O) groups is 2. The molecule has 1 saturated heterocycles. The van der Waals surface area contributed by atoms with Crippen molar-refractivity contribution < 1.29 is 9.59 Å². The number of thioether (sulfide) groups is 1. The molecule has 22 heavy (non-hydrogen) atoms.